The van der Waals surface area contributed by atoms with Crippen LogP contribution < -0.4 is 15.4 Å². The molecular formula is C26H37N3O6S2. The molecule has 37 heavy (non-hydrogen) atoms. The Morgan fingerprint density at radius 2 is 1.86 bits per heavy atom. The van der Waals surface area contributed by atoms with Crippen molar-refractivity contribution in [3.63, 3.8) is 0 Å². The number of carbonyl (C=O) groups is 4. The first-order valence-electron chi connectivity index (χ1n) is 12.7. The van der Waals surface area contributed by atoms with Crippen LogP contribution >= 0.6 is 23.5 Å². The smallest absolute Gasteiger partial charge is 0.303 e. The molecule has 1 aromatic rings. The standard InChI is InChI=1S/C26H37N3O6S2/c1-18(30)35-13-24(31)29-17-37-16-23(29)26(33)28-22(15-36-14-20-6-4-3-5-7-20)25(32)27-12-19-8-10-21(34-2)11-9-19/h8-11,20,22-23H,3-7,12-17H2,1-2H3,(H,27,32)(H,28,33)/t22-,23-/m0/s1. The zero-order valence-electron chi connectivity index (χ0n) is 21.5. The maximum absolute atomic E-state index is 13.2. The van der Waals surface area contributed by atoms with Crippen LogP contribution in [0, 0.1) is 5.92 Å². The van der Waals surface area contributed by atoms with E-state index in [1.165, 1.54) is 55.7 Å². The molecule has 0 aromatic heterocycles. The van der Waals surface area contributed by atoms with Crippen molar-refractivity contribution in [3.8, 4) is 5.75 Å². The van der Waals surface area contributed by atoms with Gasteiger partial charge in [-0.1, -0.05) is 31.4 Å². The van der Waals surface area contributed by atoms with Crippen LogP contribution in [0.5, 0.6) is 5.75 Å². The van der Waals surface area contributed by atoms with Crippen LogP contribution in [0.2, 0.25) is 0 Å². The second-order valence-electron chi connectivity index (χ2n) is 9.33. The van der Waals surface area contributed by atoms with E-state index in [1.54, 1.807) is 18.9 Å². The minimum absolute atomic E-state index is 0.260. The van der Waals surface area contributed by atoms with Gasteiger partial charge in [0.05, 0.1) is 13.0 Å². The van der Waals surface area contributed by atoms with E-state index in [-0.39, 0.29) is 11.8 Å². The summed E-state index contributed by atoms with van der Waals surface area (Å²) in [6, 6.07) is 5.99. The van der Waals surface area contributed by atoms with Gasteiger partial charge in [-0.05, 0) is 42.2 Å². The van der Waals surface area contributed by atoms with Gasteiger partial charge in [-0.3, -0.25) is 19.2 Å². The summed E-state index contributed by atoms with van der Waals surface area (Å²) in [5.74, 6) is 1.96. The van der Waals surface area contributed by atoms with Crippen molar-refractivity contribution in [1.82, 2.24) is 15.5 Å². The minimum Gasteiger partial charge on any atom is -0.497 e. The van der Waals surface area contributed by atoms with Gasteiger partial charge in [0, 0.05) is 25.0 Å². The number of methoxy groups -OCH3 is 1. The summed E-state index contributed by atoms with van der Waals surface area (Å²) in [4.78, 5) is 51.3. The summed E-state index contributed by atoms with van der Waals surface area (Å²) in [6.07, 6.45) is 6.23. The average molecular weight is 552 g/mol. The summed E-state index contributed by atoms with van der Waals surface area (Å²) < 4.78 is 10.00. The molecule has 11 heteroatoms. The monoisotopic (exact) mass is 551 g/mol. The highest BCUT2D eigenvalue weighted by Crippen LogP contribution is 2.27. The number of hydrogen-bond acceptors (Lipinski definition) is 8. The average Bonchev–Trinajstić information content (AvgIpc) is 3.41. The van der Waals surface area contributed by atoms with Gasteiger partial charge in [-0.15, -0.1) is 11.8 Å². The van der Waals surface area contributed by atoms with E-state index in [1.807, 2.05) is 24.3 Å². The second-order valence-corrected chi connectivity index (χ2v) is 11.4. The lowest BCUT2D eigenvalue weighted by Gasteiger charge is -2.26. The molecule has 1 saturated carbocycles. The Labute approximate surface area is 227 Å². The molecule has 1 aliphatic carbocycles. The molecule has 0 spiro atoms. The first-order valence-corrected chi connectivity index (χ1v) is 15.0. The molecular weight excluding hydrogens is 514 g/mol. The fourth-order valence-electron chi connectivity index (χ4n) is 4.36. The Hall–Kier alpha value is -2.40. The molecule has 0 bridgehead atoms. The Balaban J connectivity index is 1.60. The fraction of sp³-hybridized carbons (Fsp3) is 0.615. The molecule has 204 valence electrons. The van der Waals surface area contributed by atoms with Gasteiger partial charge in [0.25, 0.3) is 5.91 Å². The van der Waals surface area contributed by atoms with Crippen LogP contribution in [-0.4, -0.2) is 77.5 Å². The van der Waals surface area contributed by atoms with E-state index in [0.717, 1.165) is 17.1 Å². The minimum atomic E-state index is -0.727. The molecule has 1 saturated heterocycles. The van der Waals surface area contributed by atoms with E-state index in [9.17, 15) is 19.2 Å². The first kappa shape index (κ1) is 29.2. The lowest BCUT2D eigenvalue weighted by Crippen LogP contribution is -2.55. The van der Waals surface area contributed by atoms with Gasteiger partial charge in [0.2, 0.25) is 11.8 Å². The zero-order chi connectivity index (χ0) is 26.6. The van der Waals surface area contributed by atoms with Gasteiger partial charge < -0.3 is 25.0 Å². The normalized spacial score (nSPS) is 18.6. The zero-order valence-corrected chi connectivity index (χ0v) is 23.2. The van der Waals surface area contributed by atoms with Crippen molar-refractivity contribution in [3.05, 3.63) is 29.8 Å². The summed E-state index contributed by atoms with van der Waals surface area (Å²) in [5.41, 5.74) is 0.920. The third-order valence-electron chi connectivity index (χ3n) is 6.53. The third-order valence-corrected chi connectivity index (χ3v) is 8.81. The largest absolute Gasteiger partial charge is 0.497 e. The Kier molecular flexibility index (Phi) is 11.9. The van der Waals surface area contributed by atoms with Crippen LogP contribution in [-0.2, 0) is 30.5 Å². The van der Waals surface area contributed by atoms with Crippen molar-refractivity contribution >= 4 is 47.2 Å². The molecule has 1 aromatic carbocycles. The van der Waals surface area contributed by atoms with Crippen LogP contribution in [0.3, 0.4) is 0 Å². The number of rotatable bonds is 12. The number of hydrogen-bond donors (Lipinski definition) is 2. The van der Waals surface area contributed by atoms with E-state index in [0.29, 0.717) is 29.8 Å². The van der Waals surface area contributed by atoms with Crippen molar-refractivity contribution in [1.29, 1.82) is 0 Å². The first-order chi connectivity index (χ1) is 17.9. The van der Waals surface area contributed by atoms with Crippen LogP contribution in [0.1, 0.15) is 44.6 Å². The number of nitrogens with one attached hydrogen (secondary N) is 2. The lowest BCUT2D eigenvalue weighted by atomic mass is 9.91. The molecule has 9 nitrogen and oxygen atoms in total. The van der Waals surface area contributed by atoms with Gasteiger partial charge >= 0.3 is 5.97 Å². The topological polar surface area (TPSA) is 114 Å². The third kappa shape index (κ3) is 9.45. The number of esters is 1. The quantitative estimate of drug-likeness (QED) is 0.381. The van der Waals surface area contributed by atoms with Gasteiger partial charge in [-0.2, -0.15) is 11.8 Å². The molecule has 2 N–H and O–H groups in total. The second kappa shape index (κ2) is 15.1. The van der Waals surface area contributed by atoms with Crippen LogP contribution in [0.15, 0.2) is 24.3 Å². The highest BCUT2D eigenvalue weighted by atomic mass is 32.2. The van der Waals surface area contributed by atoms with Crippen molar-refractivity contribution < 1.29 is 28.7 Å². The fourth-order valence-corrected chi connectivity index (χ4v) is 6.82. The molecule has 0 radical (unpaired) electrons. The molecule has 0 unspecified atom stereocenters. The molecule has 3 rings (SSSR count). The number of ether oxygens (including phenoxy) is 2. The predicted octanol–water partition coefficient (Wildman–Crippen LogP) is 2.57. The van der Waals surface area contributed by atoms with Gasteiger partial charge in [0.15, 0.2) is 6.61 Å². The Morgan fingerprint density at radius 3 is 2.54 bits per heavy atom. The van der Waals surface area contributed by atoms with Crippen molar-refractivity contribution in [2.45, 2.75) is 57.7 Å². The summed E-state index contributed by atoms with van der Waals surface area (Å²) in [6.45, 7) is 1.16. The molecule has 2 fully saturated rings. The number of amides is 3. The lowest BCUT2D eigenvalue weighted by molar-refractivity contribution is -0.151. The van der Waals surface area contributed by atoms with Crippen molar-refractivity contribution in [2.75, 3.05) is 36.9 Å². The summed E-state index contributed by atoms with van der Waals surface area (Å²) >= 11 is 3.14. The Morgan fingerprint density at radius 1 is 1.14 bits per heavy atom. The number of carbonyl (C=O) groups excluding carboxylic acids is 4. The van der Waals surface area contributed by atoms with E-state index >= 15 is 0 Å². The number of thioether (sulfide) groups is 2. The molecule has 2 atom stereocenters. The Bertz CT molecular complexity index is 923. The van der Waals surface area contributed by atoms with E-state index < -0.39 is 30.6 Å². The summed E-state index contributed by atoms with van der Waals surface area (Å²) in [7, 11) is 1.60. The highest BCUT2D eigenvalue weighted by Gasteiger charge is 2.36. The predicted molar refractivity (Wildman–Crippen MR) is 145 cm³/mol. The SMILES string of the molecule is COc1ccc(CNC(=O)[C@H](CSCC2CCCCC2)NC(=O)[C@@H]2CSCN2C(=O)COC(C)=O)cc1. The summed E-state index contributed by atoms with van der Waals surface area (Å²) in [5, 5.41) is 5.83. The molecule has 2 aliphatic rings. The van der Waals surface area contributed by atoms with Gasteiger partial charge in [-0.25, -0.2) is 0 Å². The number of nitrogens with zero attached hydrogens (tertiary/aromatic N) is 1. The van der Waals surface area contributed by atoms with Gasteiger partial charge in [0.1, 0.15) is 17.8 Å². The highest BCUT2D eigenvalue weighted by molar-refractivity contribution is 7.99. The molecule has 3 amide bonds. The van der Waals surface area contributed by atoms with E-state index in [4.69, 9.17) is 9.47 Å². The van der Waals surface area contributed by atoms with E-state index in [2.05, 4.69) is 10.6 Å². The van der Waals surface area contributed by atoms with Crippen LogP contribution in [0.4, 0.5) is 0 Å². The number of benzene rings is 1. The molecule has 1 aliphatic heterocycles. The maximum atomic E-state index is 13.2. The molecule has 1 heterocycles. The van der Waals surface area contributed by atoms with Crippen molar-refractivity contribution in [2.24, 2.45) is 5.92 Å². The van der Waals surface area contributed by atoms with Crippen LogP contribution in [0.25, 0.3) is 0 Å². The maximum Gasteiger partial charge on any atom is 0.303 e.